The van der Waals surface area contributed by atoms with Crippen LogP contribution in [0.5, 0.6) is 11.5 Å². The number of halogens is 5. The lowest BCUT2D eigenvalue weighted by Crippen LogP contribution is -2.28. The maximum absolute atomic E-state index is 13.1. The van der Waals surface area contributed by atoms with Gasteiger partial charge >= 0.3 is 15.6 Å². The molecule has 0 aliphatic heterocycles. The van der Waals surface area contributed by atoms with Crippen LogP contribution < -0.4 is 4.18 Å². The third kappa shape index (κ3) is 6.14. The van der Waals surface area contributed by atoms with Crippen molar-refractivity contribution in [2.75, 3.05) is 0 Å². The number of alkyl halides is 3. The molecule has 0 unspecified atom stereocenters. The monoisotopic (exact) mass is 542 g/mol. The van der Waals surface area contributed by atoms with Crippen LogP contribution in [0.3, 0.4) is 0 Å². The molecule has 0 fully saturated rings. The lowest BCUT2D eigenvalue weighted by Gasteiger charge is -2.12. The third-order valence-electron chi connectivity index (χ3n) is 4.65. The van der Waals surface area contributed by atoms with Gasteiger partial charge in [-0.15, -0.1) is 0 Å². The molecular formula is C23H15F5N2O6S. The molecule has 0 saturated carbocycles. The van der Waals surface area contributed by atoms with E-state index in [2.05, 4.69) is 14.2 Å². The summed E-state index contributed by atoms with van der Waals surface area (Å²) >= 11 is 0. The fraction of sp³-hybridized carbons (Fsp3) is 0.130. The molecule has 0 atom stereocenters. The summed E-state index contributed by atoms with van der Waals surface area (Å²) in [7, 11) is -5.97. The third-order valence-corrected chi connectivity index (χ3v) is 5.61. The number of benzene rings is 2. The summed E-state index contributed by atoms with van der Waals surface area (Å²) in [6, 6.07) is 9.27. The van der Waals surface area contributed by atoms with E-state index in [0.717, 1.165) is 25.1 Å². The second kappa shape index (κ2) is 10.0. The van der Waals surface area contributed by atoms with E-state index in [-0.39, 0.29) is 28.1 Å². The van der Waals surface area contributed by atoms with Crippen LogP contribution >= 0.6 is 0 Å². The highest BCUT2D eigenvalue weighted by Gasteiger charge is 2.49. The van der Waals surface area contributed by atoms with Gasteiger partial charge in [0.2, 0.25) is 0 Å². The SMILES string of the molecule is CC(=O)c1nc2ccc(F)cc2cc1O.CC(=O)c1nc2ccc(F)cc2cc1OS(=O)(=O)C(F)(F)F. The van der Waals surface area contributed by atoms with E-state index in [0.29, 0.717) is 10.9 Å². The van der Waals surface area contributed by atoms with E-state index < -0.39 is 44.5 Å². The fourth-order valence-corrected chi connectivity index (χ4v) is 3.46. The van der Waals surface area contributed by atoms with Crippen LogP contribution in [0.4, 0.5) is 22.0 Å². The number of hydrogen-bond acceptors (Lipinski definition) is 8. The smallest absolute Gasteiger partial charge is 0.506 e. The molecule has 194 valence electrons. The Morgan fingerprint density at radius 1 is 0.811 bits per heavy atom. The molecule has 2 aromatic heterocycles. The number of hydrogen-bond donors (Lipinski definition) is 1. The lowest BCUT2D eigenvalue weighted by molar-refractivity contribution is -0.0500. The minimum Gasteiger partial charge on any atom is -0.506 e. The van der Waals surface area contributed by atoms with Gasteiger partial charge in [-0.1, -0.05) is 0 Å². The number of carbonyl (C=O) groups excluding carboxylic acids is 2. The average molecular weight is 542 g/mol. The summed E-state index contributed by atoms with van der Waals surface area (Å²) in [5.41, 5.74) is -5.68. The van der Waals surface area contributed by atoms with E-state index in [4.69, 9.17) is 0 Å². The Morgan fingerprint density at radius 2 is 1.27 bits per heavy atom. The molecule has 0 aliphatic carbocycles. The first-order chi connectivity index (χ1) is 17.1. The number of pyridine rings is 2. The van der Waals surface area contributed by atoms with Gasteiger partial charge in [0.1, 0.15) is 23.1 Å². The highest BCUT2D eigenvalue weighted by molar-refractivity contribution is 7.88. The molecule has 0 saturated heterocycles. The van der Waals surface area contributed by atoms with E-state index in [1.165, 1.54) is 37.3 Å². The normalized spacial score (nSPS) is 11.6. The molecule has 0 spiro atoms. The predicted octanol–water partition coefficient (Wildman–Crippen LogP) is 5.09. The van der Waals surface area contributed by atoms with Gasteiger partial charge in [0.25, 0.3) is 0 Å². The Kier molecular flexibility index (Phi) is 7.44. The number of ketones is 2. The highest BCUT2D eigenvalue weighted by atomic mass is 32.2. The summed E-state index contributed by atoms with van der Waals surface area (Å²) in [4.78, 5) is 30.2. The Bertz CT molecular complexity index is 1660. The first-order valence-corrected chi connectivity index (χ1v) is 11.4. The maximum atomic E-state index is 13.1. The number of fused-ring (bicyclic) bond motifs is 2. The molecule has 8 nitrogen and oxygen atoms in total. The van der Waals surface area contributed by atoms with Gasteiger partial charge in [-0.25, -0.2) is 18.7 Å². The van der Waals surface area contributed by atoms with E-state index in [1.807, 2.05) is 0 Å². The van der Waals surface area contributed by atoms with Gasteiger partial charge in [0, 0.05) is 24.6 Å². The number of aromatic hydroxyl groups is 1. The standard InChI is InChI=1S/C12H7F4NO4S.C11H8FNO2/c1-6(18)11-10(21-22(19,20)12(14,15)16)5-7-4-8(13)2-3-9(7)17-11;1-6(14)11-10(15)5-7-4-8(12)2-3-9(7)13-11/h2-5H,1H3;2-5,15H,1H3. The Hall–Kier alpha value is -4.20. The van der Waals surface area contributed by atoms with Crippen molar-refractivity contribution in [3.8, 4) is 11.5 Å². The molecular weight excluding hydrogens is 527 g/mol. The van der Waals surface area contributed by atoms with Crippen LogP contribution in [0.25, 0.3) is 21.8 Å². The zero-order chi connectivity index (χ0) is 27.7. The van der Waals surface area contributed by atoms with E-state index >= 15 is 0 Å². The quantitative estimate of drug-likeness (QED) is 0.164. The minimum absolute atomic E-state index is 0.00843. The minimum atomic E-state index is -5.97. The molecule has 2 heterocycles. The Balaban J connectivity index is 0.000000220. The highest BCUT2D eigenvalue weighted by Crippen LogP contribution is 2.31. The number of nitrogens with zero attached hydrogens (tertiary/aromatic N) is 2. The van der Waals surface area contributed by atoms with Crippen LogP contribution in [0, 0.1) is 11.6 Å². The molecule has 4 rings (SSSR count). The van der Waals surface area contributed by atoms with Crippen molar-refractivity contribution in [1.82, 2.24) is 9.97 Å². The van der Waals surface area contributed by atoms with Gasteiger partial charge in [0.05, 0.1) is 11.0 Å². The lowest BCUT2D eigenvalue weighted by atomic mass is 10.1. The van der Waals surface area contributed by atoms with Crippen LogP contribution in [-0.2, 0) is 10.1 Å². The molecule has 0 bridgehead atoms. The van der Waals surface area contributed by atoms with Crippen LogP contribution in [-0.4, -0.2) is 40.6 Å². The molecule has 37 heavy (non-hydrogen) atoms. The summed E-state index contributed by atoms with van der Waals surface area (Å²) in [6.45, 7) is 2.29. The summed E-state index contributed by atoms with van der Waals surface area (Å²) in [6.07, 6.45) is 0. The van der Waals surface area contributed by atoms with Gasteiger partial charge in [-0.2, -0.15) is 21.6 Å². The molecule has 1 N–H and O–H groups in total. The van der Waals surface area contributed by atoms with Gasteiger partial charge < -0.3 is 9.29 Å². The Labute approximate surface area is 205 Å². The van der Waals surface area contributed by atoms with Crippen molar-refractivity contribution in [3.05, 3.63) is 71.6 Å². The molecule has 2 aromatic carbocycles. The van der Waals surface area contributed by atoms with Gasteiger partial charge in [-0.3, -0.25) is 9.59 Å². The Morgan fingerprint density at radius 3 is 1.73 bits per heavy atom. The second-order valence-corrected chi connectivity index (χ2v) is 9.00. The summed E-state index contributed by atoms with van der Waals surface area (Å²) in [5, 5.41) is 9.92. The van der Waals surface area contributed by atoms with Gasteiger partial charge in [-0.05, 0) is 48.5 Å². The van der Waals surface area contributed by atoms with Crippen molar-refractivity contribution >= 4 is 43.5 Å². The molecule has 4 aromatic rings. The number of Topliss-reactive ketones (excluding diaryl/α,β-unsaturated/α-hetero) is 2. The fourth-order valence-electron chi connectivity index (χ4n) is 3.00. The van der Waals surface area contributed by atoms with E-state index in [1.54, 1.807) is 0 Å². The van der Waals surface area contributed by atoms with Crippen molar-refractivity contribution in [3.63, 3.8) is 0 Å². The molecule has 0 amide bonds. The van der Waals surface area contributed by atoms with Crippen LogP contribution in [0.15, 0.2) is 48.5 Å². The topological polar surface area (TPSA) is 124 Å². The maximum Gasteiger partial charge on any atom is 0.534 e. The number of carbonyl (C=O) groups is 2. The van der Waals surface area contributed by atoms with Crippen LogP contribution in [0.1, 0.15) is 34.8 Å². The van der Waals surface area contributed by atoms with Crippen molar-refractivity contribution in [1.29, 1.82) is 0 Å². The summed E-state index contributed by atoms with van der Waals surface area (Å²) < 4.78 is 89.1. The zero-order valence-electron chi connectivity index (χ0n) is 18.8. The average Bonchev–Trinajstić information content (AvgIpc) is 2.77. The second-order valence-electron chi connectivity index (χ2n) is 7.46. The predicted molar refractivity (Wildman–Crippen MR) is 121 cm³/mol. The molecule has 14 heteroatoms. The van der Waals surface area contributed by atoms with Crippen molar-refractivity contribution in [2.24, 2.45) is 0 Å². The zero-order valence-corrected chi connectivity index (χ0v) is 19.6. The summed E-state index contributed by atoms with van der Waals surface area (Å²) in [5.74, 6) is -3.38. The van der Waals surface area contributed by atoms with Crippen molar-refractivity contribution < 1.29 is 49.2 Å². The number of aromatic nitrogens is 2. The van der Waals surface area contributed by atoms with Gasteiger partial charge in [0.15, 0.2) is 23.0 Å². The number of rotatable bonds is 4. The first-order valence-electron chi connectivity index (χ1n) is 10.0. The molecule has 0 aliphatic rings. The largest absolute Gasteiger partial charge is 0.534 e. The van der Waals surface area contributed by atoms with Crippen molar-refractivity contribution in [2.45, 2.75) is 19.4 Å². The van der Waals surface area contributed by atoms with Crippen LogP contribution in [0.2, 0.25) is 0 Å². The molecule has 0 radical (unpaired) electrons. The van der Waals surface area contributed by atoms with E-state index in [9.17, 15) is 45.1 Å². The first kappa shape index (κ1) is 27.4.